The molecule has 0 heterocycles. The van der Waals surface area contributed by atoms with E-state index >= 15 is 0 Å². The summed E-state index contributed by atoms with van der Waals surface area (Å²) in [5.41, 5.74) is -0.0625. The van der Waals surface area contributed by atoms with Gasteiger partial charge in [-0.1, -0.05) is 31.4 Å². The van der Waals surface area contributed by atoms with Crippen molar-refractivity contribution in [1.82, 2.24) is 5.32 Å². The van der Waals surface area contributed by atoms with Crippen molar-refractivity contribution in [3.05, 3.63) is 29.3 Å². The van der Waals surface area contributed by atoms with E-state index in [1.165, 1.54) is 6.07 Å². The third kappa shape index (κ3) is 3.17. The van der Waals surface area contributed by atoms with Crippen molar-refractivity contribution in [2.75, 3.05) is 6.54 Å². The van der Waals surface area contributed by atoms with E-state index in [4.69, 9.17) is 0 Å². The summed E-state index contributed by atoms with van der Waals surface area (Å²) in [7, 11) is 0. The molecule has 2 rings (SSSR count). The molecule has 1 fully saturated rings. The van der Waals surface area contributed by atoms with Crippen LogP contribution in [-0.4, -0.2) is 28.6 Å². The number of nitrogens with one attached hydrogen (secondary N) is 1. The predicted molar refractivity (Wildman–Crippen MR) is 78.3 cm³/mol. The van der Waals surface area contributed by atoms with Crippen molar-refractivity contribution in [1.29, 1.82) is 0 Å². The molecule has 5 nitrogen and oxygen atoms in total. The van der Waals surface area contributed by atoms with Gasteiger partial charge in [-0.3, -0.25) is 9.59 Å². The van der Waals surface area contributed by atoms with Gasteiger partial charge in [-0.25, -0.2) is 0 Å². The lowest BCUT2D eigenvalue weighted by molar-refractivity contribution is -0.150. The molecule has 114 valence electrons. The minimum atomic E-state index is -0.868. The van der Waals surface area contributed by atoms with Crippen LogP contribution in [0.3, 0.4) is 0 Å². The van der Waals surface area contributed by atoms with Gasteiger partial charge in [0.25, 0.3) is 5.91 Å². The number of para-hydroxylation sites is 1. The summed E-state index contributed by atoms with van der Waals surface area (Å²) < 4.78 is 0. The predicted octanol–water partition coefficient (Wildman–Crippen LogP) is 2.47. The topological polar surface area (TPSA) is 86.6 Å². The van der Waals surface area contributed by atoms with E-state index in [0.29, 0.717) is 18.4 Å². The number of hydrogen-bond donors (Lipinski definition) is 3. The molecule has 0 saturated heterocycles. The third-order valence-electron chi connectivity index (χ3n) is 4.33. The van der Waals surface area contributed by atoms with E-state index < -0.39 is 17.3 Å². The summed E-state index contributed by atoms with van der Waals surface area (Å²) in [4.78, 5) is 23.7. The molecule has 0 radical (unpaired) electrons. The second-order valence-corrected chi connectivity index (χ2v) is 5.80. The summed E-state index contributed by atoms with van der Waals surface area (Å²) in [6.45, 7) is 1.82. The Bertz CT molecular complexity index is 547. The van der Waals surface area contributed by atoms with Crippen LogP contribution in [0.25, 0.3) is 0 Å². The highest BCUT2D eigenvalue weighted by Gasteiger charge is 2.39. The standard InChI is InChI=1S/C16H21NO4/c1-11-6-5-7-12(13(11)18)14(19)17-10-16(15(20)21)8-3-2-4-9-16/h5-7,18H,2-4,8-10H2,1H3,(H,17,19)(H,20,21). The number of aliphatic carboxylic acids is 1. The number of aromatic hydroxyl groups is 1. The maximum Gasteiger partial charge on any atom is 0.311 e. The first-order valence-corrected chi connectivity index (χ1v) is 7.26. The number of phenolic OH excluding ortho intramolecular Hbond substituents is 1. The number of carboxylic acid groups (broad SMARTS) is 1. The maximum absolute atomic E-state index is 12.2. The molecular formula is C16H21NO4. The van der Waals surface area contributed by atoms with Crippen LogP contribution < -0.4 is 5.32 Å². The van der Waals surface area contributed by atoms with Gasteiger partial charge in [-0.15, -0.1) is 0 Å². The smallest absolute Gasteiger partial charge is 0.311 e. The molecule has 0 unspecified atom stereocenters. The fourth-order valence-electron chi connectivity index (χ4n) is 2.88. The zero-order valence-corrected chi connectivity index (χ0v) is 12.2. The fraction of sp³-hybridized carbons (Fsp3) is 0.500. The molecule has 1 saturated carbocycles. The van der Waals surface area contributed by atoms with Crippen LogP contribution in [0.4, 0.5) is 0 Å². The first-order chi connectivity index (χ1) is 9.96. The van der Waals surface area contributed by atoms with Crippen LogP contribution in [0.2, 0.25) is 0 Å². The van der Waals surface area contributed by atoms with Gasteiger partial charge in [-0.05, 0) is 31.4 Å². The van der Waals surface area contributed by atoms with Gasteiger partial charge in [0.15, 0.2) is 0 Å². The molecule has 0 atom stereocenters. The van der Waals surface area contributed by atoms with Crippen LogP contribution in [0.15, 0.2) is 18.2 Å². The van der Waals surface area contributed by atoms with Crippen molar-refractivity contribution >= 4 is 11.9 Å². The molecule has 1 aliphatic carbocycles. The minimum Gasteiger partial charge on any atom is -0.507 e. The van der Waals surface area contributed by atoms with Crippen molar-refractivity contribution in [3.63, 3.8) is 0 Å². The SMILES string of the molecule is Cc1cccc(C(=O)NCC2(C(=O)O)CCCCC2)c1O. The van der Waals surface area contributed by atoms with E-state index in [0.717, 1.165) is 19.3 Å². The van der Waals surface area contributed by atoms with E-state index in [-0.39, 0.29) is 17.9 Å². The van der Waals surface area contributed by atoms with Gasteiger partial charge in [0.1, 0.15) is 5.75 Å². The molecule has 0 bridgehead atoms. The molecule has 0 aromatic heterocycles. The summed E-state index contributed by atoms with van der Waals surface area (Å²) in [6.07, 6.45) is 3.96. The maximum atomic E-state index is 12.2. The van der Waals surface area contributed by atoms with E-state index in [1.54, 1.807) is 19.1 Å². The van der Waals surface area contributed by atoms with Crippen LogP contribution in [0.1, 0.15) is 48.0 Å². The molecule has 3 N–H and O–H groups in total. The summed E-state index contributed by atoms with van der Waals surface area (Å²) in [6, 6.07) is 4.94. The summed E-state index contributed by atoms with van der Waals surface area (Å²) >= 11 is 0. The molecule has 21 heavy (non-hydrogen) atoms. The Morgan fingerprint density at radius 2 is 1.90 bits per heavy atom. The van der Waals surface area contributed by atoms with Gasteiger partial charge in [0, 0.05) is 6.54 Å². The summed E-state index contributed by atoms with van der Waals surface area (Å²) in [5.74, 6) is -1.33. The number of carbonyl (C=O) groups is 2. The van der Waals surface area contributed by atoms with Crippen LogP contribution >= 0.6 is 0 Å². The number of benzene rings is 1. The monoisotopic (exact) mass is 291 g/mol. The van der Waals surface area contributed by atoms with Crippen LogP contribution in [0, 0.1) is 12.3 Å². The van der Waals surface area contributed by atoms with Crippen molar-refractivity contribution < 1.29 is 19.8 Å². The van der Waals surface area contributed by atoms with Gasteiger partial charge in [-0.2, -0.15) is 0 Å². The highest BCUT2D eigenvalue weighted by Crippen LogP contribution is 2.36. The highest BCUT2D eigenvalue weighted by molar-refractivity contribution is 5.97. The number of carbonyl (C=O) groups excluding carboxylic acids is 1. The second-order valence-electron chi connectivity index (χ2n) is 5.80. The van der Waals surface area contributed by atoms with Gasteiger partial charge in [0.05, 0.1) is 11.0 Å². The van der Waals surface area contributed by atoms with Gasteiger partial charge >= 0.3 is 5.97 Å². The Labute approximate surface area is 124 Å². The number of carboxylic acids is 1. The number of amides is 1. The lowest BCUT2D eigenvalue weighted by atomic mass is 9.74. The lowest BCUT2D eigenvalue weighted by Gasteiger charge is -2.33. The third-order valence-corrected chi connectivity index (χ3v) is 4.33. The molecular weight excluding hydrogens is 270 g/mol. The van der Waals surface area contributed by atoms with Crippen LogP contribution in [-0.2, 0) is 4.79 Å². The normalized spacial score (nSPS) is 17.2. The largest absolute Gasteiger partial charge is 0.507 e. The highest BCUT2D eigenvalue weighted by atomic mass is 16.4. The molecule has 0 aliphatic heterocycles. The van der Waals surface area contributed by atoms with E-state index in [9.17, 15) is 19.8 Å². The Kier molecular flexibility index (Phi) is 4.50. The average Bonchev–Trinajstić information content (AvgIpc) is 2.48. The van der Waals surface area contributed by atoms with Gasteiger partial charge in [0.2, 0.25) is 0 Å². The molecule has 1 aromatic rings. The minimum absolute atomic E-state index is 0.0528. The van der Waals surface area contributed by atoms with E-state index in [1.807, 2.05) is 0 Å². The Morgan fingerprint density at radius 1 is 1.24 bits per heavy atom. The first-order valence-electron chi connectivity index (χ1n) is 7.26. The van der Waals surface area contributed by atoms with E-state index in [2.05, 4.69) is 5.32 Å². The number of hydrogen-bond acceptors (Lipinski definition) is 3. The molecule has 1 aliphatic rings. The van der Waals surface area contributed by atoms with Crippen LogP contribution in [0.5, 0.6) is 5.75 Å². The quantitative estimate of drug-likeness (QED) is 0.795. The second kappa shape index (κ2) is 6.16. The zero-order chi connectivity index (χ0) is 15.5. The Morgan fingerprint density at radius 3 is 2.52 bits per heavy atom. The number of aryl methyl sites for hydroxylation is 1. The van der Waals surface area contributed by atoms with Gasteiger partial charge < -0.3 is 15.5 Å². The fourth-order valence-corrected chi connectivity index (χ4v) is 2.88. The number of phenols is 1. The Balaban J connectivity index is 2.09. The van der Waals surface area contributed by atoms with Crippen molar-refractivity contribution in [3.8, 4) is 5.75 Å². The lowest BCUT2D eigenvalue weighted by Crippen LogP contribution is -2.44. The molecule has 5 heteroatoms. The first kappa shape index (κ1) is 15.4. The summed E-state index contributed by atoms with van der Waals surface area (Å²) in [5, 5.41) is 22.1. The van der Waals surface area contributed by atoms with Crippen molar-refractivity contribution in [2.24, 2.45) is 5.41 Å². The molecule has 1 aromatic carbocycles. The zero-order valence-electron chi connectivity index (χ0n) is 12.2. The average molecular weight is 291 g/mol. The molecule has 1 amide bonds. The number of rotatable bonds is 4. The Hall–Kier alpha value is -2.04. The van der Waals surface area contributed by atoms with Crippen molar-refractivity contribution in [2.45, 2.75) is 39.0 Å². The molecule has 0 spiro atoms.